The average molecular weight is 274 g/mol. The number of aliphatic hydroxyl groups is 2. The summed E-state index contributed by atoms with van der Waals surface area (Å²) in [6.07, 6.45) is -6.39. The molecule has 3 atom stereocenters. The van der Waals surface area contributed by atoms with Crippen LogP contribution in [0.4, 0.5) is 13.2 Å². The highest BCUT2D eigenvalue weighted by Gasteiger charge is 2.41. The first-order valence-corrected chi connectivity index (χ1v) is 6.40. The lowest BCUT2D eigenvalue weighted by Crippen LogP contribution is -2.32. The number of aliphatic hydroxyl groups excluding tert-OH is 2. The lowest BCUT2D eigenvalue weighted by Gasteiger charge is -2.25. The van der Waals surface area contributed by atoms with Crippen molar-refractivity contribution in [1.29, 1.82) is 0 Å². The van der Waals surface area contributed by atoms with Crippen molar-refractivity contribution in [3.8, 4) is 0 Å². The molecule has 0 amide bonds. The van der Waals surface area contributed by atoms with E-state index < -0.39 is 30.7 Å². The average Bonchev–Trinajstić information content (AvgIpc) is 2.50. The molecule has 2 nitrogen and oxygen atoms in total. The smallest absolute Gasteiger partial charge is 0.388 e. The third-order valence-electron chi connectivity index (χ3n) is 3.75. The maximum Gasteiger partial charge on any atom is 0.414 e. The van der Waals surface area contributed by atoms with Crippen LogP contribution in [0.1, 0.15) is 36.5 Å². The van der Waals surface area contributed by atoms with Crippen molar-refractivity contribution in [2.75, 3.05) is 0 Å². The zero-order valence-electron chi connectivity index (χ0n) is 10.4. The Morgan fingerprint density at radius 1 is 1.26 bits per heavy atom. The van der Waals surface area contributed by atoms with E-state index in [1.807, 2.05) is 12.1 Å². The number of benzene rings is 1. The largest absolute Gasteiger partial charge is 0.414 e. The SMILES string of the molecule is OC1c2ccccc2CCCC1CC(O)C(F)(F)F. The lowest BCUT2D eigenvalue weighted by atomic mass is 9.88. The standard InChI is InChI=1S/C14H17F3O2/c15-14(16,17)12(18)8-10-6-3-5-9-4-1-2-7-11(9)13(10)19/h1-2,4,7,10,12-13,18-19H,3,5-6,8H2. The Morgan fingerprint density at radius 2 is 1.95 bits per heavy atom. The van der Waals surface area contributed by atoms with Crippen molar-refractivity contribution in [3.05, 3.63) is 35.4 Å². The number of halogens is 3. The third kappa shape index (κ3) is 3.28. The second-order valence-corrected chi connectivity index (χ2v) is 5.09. The number of fused-ring (bicyclic) bond motifs is 1. The van der Waals surface area contributed by atoms with Crippen molar-refractivity contribution in [2.24, 2.45) is 5.92 Å². The van der Waals surface area contributed by atoms with Crippen LogP contribution in [0.15, 0.2) is 24.3 Å². The summed E-state index contributed by atoms with van der Waals surface area (Å²) in [6.45, 7) is 0. The van der Waals surface area contributed by atoms with Crippen LogP contribution in [0.25, 0.3) is 0 Å². The minimum atomic E-state index is -4.62. The Kier molecular flexibility index (Phi) is 4.16. The van der Waals surface area contributed by atoms with E-state index in [-0.39, 0.29) is 0 Å². The van der Waals surface area contributed by atoms with Gasteiger partial charge in [0.2, 0.25) is 0 Å². The van der Waals surface area contributed by atoms with Gasteiger partial charge in [0, 0.05) is 0 Å². The second kappa shape index (κ2) is 5.51. The van der Waals surface area contributed by atoms with Gasteiger partial charge in [0.05, 0.1) is 6.10 Å². The fourth-order valence-corrected chi connectivity index (χ4v) is 2.68. The highest BCUT2D eigenvalue weighted by atomic mass is 19.4. The topological polar surface area (TPSA) is 40.5 Å². The van der Waals surface area contributed by atoms with E-state index >= 15 is 0 Å². The summed E-state index contributed by atoms with van der Waals surface area (Å²) in [5.41, 5.74) is 1.68. The molecular formula is C14H17F3O2. The van der Waals surface area contributed by atoms with Crippen LogP contribution in [0.3, 0.4) is 0 Å². The number of rotatable bonds is 2. The van der Waals surface area contributed by atoms with E-state index in [2.05, 4.69) is 0 Å². The van der Waals surface area contributed by atoms with Crippen molar-refractivity contribution < 1.29 is 23.4 Å². The second-order valence-electron chi connectivity index (χ2n) is 5.09. The van der Waals surface area contributed by atoms with Crippen molar-refractivity contribution in [2.45, 2.75) is 44.1 Å². The van der Waals surface area contributed by atoms with Gasteiger partial charge >= 0.3 is 6.18 Å². The monoisotopic (exact) mass is 274 g/mol. The van der Waals surface area contributed by atoms with E-state index in [9.17, 15) is 18.3 Å². The summed E-state index contributed by atoms with van der Waals surface area (Å²) in [5.74, 6) is -0.555. The fraction of sp³-hybridized carbons (Fsp3) is 0.571. The van der Waals surface area contributed by atoms with Crippen molar-refractivity contribution in [3.63, 3.8) is 0 Å². The minimum Gasteiger partial charge on any atom is -0.388 e. The molecule has 106 valence electrons. The quantitative estimate of drug-likeness (QED) is 0.814. The molecular weight excluding hydrogens is 257 g/mol. The molecule has 0 aromatic heterocycles. The van der Waals surface area contributed by atoms with Crippen LogP contribution in [0, 0.1) is 5.92 Å². The first-order valence-electron chi connectivity index (χ1n) is 6.40. The van der Waals surface area contributed by atoms with Crippen LogP contribution < -0.4 is 0 Å². The van der Waals surface area contributed by atoms with Gasteiger partial charge in [0.15, 0.2) is 0 Å². The molecule has 0 saturated carbocycles. The highest BCUT2D eigenvalue weighted by molar-refractivity contribution is 5.30. The number of hydrogen-bond donors (Lipinski definition) is 2. The Morgan fingerprint density at radius 3 is 2.63 bits per heavy atom. The van der Waals surface area contributed by atoms with Crippen molar-refractivity contribution in [1.82, 2.24) is 0 Å². The normalized spacial score (nSPS) is 25.5. The molecule has 0 bridgehead atoms. The third-order valence-corrected chi connectivity index (χ3v) is 3.75. The highest BCUT2D eigenvalue weighted by Crippen LogP contribution is 2.37. The summed E-state index contributed by atoms with van der Waals surface area (Å²) in [7, 11) is 0. The van der Waals surface area contributed by atoms with Crippen LogP contribution in [0.5, 0.6) is 0 Å². The minimum absolute atomic E-state index is 0.445. The van der Waals surface area contributed by atoms with Crippen LogP contribution in [0.2, 0.25) is 0 Å². The van der Waals surface area contributed by atoms with Gasteiger partial charge in [-0.1, -0.05) is 24.3 Å². The molecule has 0 fully saturated rings. The molecule has 0 aliphatic heterocycles. The molecule has 0 radical (unpaired) electrons. The van der Waals surface area contributed by atoms with Crippen LogP contribution >= 0.6 is 0 Å². The van der Waals surface area contributed by atoms with Gasteiger partial charge in [-0.25, -0.2) is 0 Å². The number of alkyl halides is 3. The first-order chi connectivity index (χ1) is 8.89. The zero-order chi connectivity index (χ0) is 14.0. The molecule has 0 spiro atoms. The summed E-state index contributed by atoms with van der Waals surface area (Å²) in [5, 5.41) is 19.4. The van der Waals surface area contributed by atoms with Gasteiger partial charge in [0.25, 0.3) is 0 Å². The zero-order valence-corrected chi connectivity index (χ0v) is 10.4. The molecule has 5 heteroatoms. The first kappa shape index (κ1) is 14.3. The maximum atomic E-state index is 12.4. The van der Waals surface area contributed by atoms with E-state index in [0.29, 0.717) is 12.0 Å². The van der Waals surface area contributed by atoms with E-state index in [1.54, 1.807) is 12.1 Å². The molecule has 1 aliphatic carbocycles. The summed E-state index contributed by atoms with van der Waals surface area (Å²) < 4.78 is 37.2. The molecule has 1 aromatic carbocycles. The van der Waals surface area contributed by atoms with Crippen LogP contribution in [-0.2, 0) is 6.42 Å². The molecule has 3 unspecified atom stereocenters. The molecule has 2 rings (SSSR count). The molecule has 0 heterocycles. The molecule has 1 aromatic rings. The summed E-state index contributed by atoms with van der Waals surface area (Å²) in [6, 6.07) is 7.26. The van der Waals surface area contributed by atoms with Crippen molar-refractivity contribution >= 4 is 0 Å². The Balaban J connectivity index is 2.15. The van der Waals surface area contributed by atoms with E-state index in [1.165, 1.54) is 0 Å². The summed E-state index contributed by atoms with van der Waals surface area (Å²) in [4.78, 5) is 0. The van der Waals surface area contributed by atoms with E-state index in [0.717, 1.165) is 18.4 Å². The Hall–Kier alpha value is -1.07. The molecule has 1 aliphatic rings. The summed E-state index contributed by atoms with van der Waals surface area (Å²) >= 11 is 0. The molecule has 0 saturated heterocycles. The predicted molar refractivity (Wildman–Crippen MR) is 64.5 cm³/mol. The number of aryl methyl sites for hydroxylation is 1. The van der Waals surface area contributed by atoms with Gasteiger partial charge in [-0.05, 0) is 42.7 Å². The number of hydrogen-bond acceptors (Lipinski definition) is 2. The van der Waals surface area contributed by atoms with Gasteiger partial charge in [-0.3, -0.25) is 0 Å². The molecule has 19 heavy (non-hydrogen) atoms. The lowest BCUT2D eigenvalue weighted by molar-refractivity contribution is -0.210. The molecule has 2 N–H and O–H groups in total. The predicted octanol–water partition coefficient (Wildman–Crippen LogP) is 2.99. The fourth-order valence-electron chi connectivity index (χ4n) is 2.68. The maximum absolute atomic E-state index is 12.4. The Labute approximate surface area is 109 Å². The van der Waals surface area contributed by atoms with Gasteiger partial charge in [-0.2, -0.15) is 13.2 Å². The van der Waals surface area contributed by atoms with Gasteiger partial charge in [0.1, 0.15) is 6.10 Å². The van der Waals surface area contributed by atoms with Gasteiger partial charge < -0.3 is 10.2 Å². The van der Waals surface area contributed by atoms with Gasteiger partial charge in [-0.15, -0.1) is 0 Å². The van der Waals surface area contributed by atoms with E-state index in [4.69, 9.17) is 5.11 Å². The van der Waals surface area contributed by atoms with Crippen LogP contribution in [-0.4, -0.2) is 22.5 Å². The Bertz CT molecular complexity index is 431.